The molecule has 0 saturated heterocycles. The average molecular weight is 224 g/mol. The van der Waals surface area contributed by atoms with Gasteiger partial charge in [0.25, 0.3) is 0 Å². The summed E-state index contributed by atoms with van der Waals surface area (Å²) in [7, 11) is 0. The second-order valence-corrected chi connectivity index (χ2v) is 3.16. The highest BCUT2D eigenvalue weighted by molar-refractivity contribution is 9.10. The standard InChI is InChI=1S/C6H8BrClN2/c1-2-3-10-6(7)5(8)4-9-10/h4H,2-3H2,1H3. The molecule has 0 unspecified atom stereocenters. The monoisotopic (exact) mass is 222 g/mol. The average Bonchev–Trinajstić information content (AvgIpc) is 2.20. The van der Waals surface area contributed by atoms with Crippen LogP contribution in [0.2, 0.25) is 5.02 Å². The minimum absolute atomic E-state index is 0.674. The molecule has 0 N–H and O–H groups in total. The summed E-state index contributed by atoms with van der Waals surface area (Å²) >= 11 is 9.05. The zero-order valence-electron chi connectivity index (χ0n) is 5.64. The van der Waals surface area contributed by atoms with Crippen LogP contribution in [0, 0.1) is 0 Å². The first-order valence-corrected chi connectivity index (χ1v) is 4.29. The molecule has 1 rings (SSSR count). The number of halogens is 2. The molecule has 0 aliphatic heterocycles. The molecule has 0 amide bonds. The predicted octanol–water partition coefficient (Wildman–Crippen LogP) is 2.71. The van der Waals surface area contributed by atoms with Crippen molar-refractivity contribution >= 4 is 27.5 Å². The van der Waals surface area contributed by atoms with Gasteiger partial charge in [-0.05, 0) is 22.4 Å². The van der Waals surface area contributed by atoms with E-state index in [0.29, 0.717) is 5.02 Å². The van der Waals surface area contributed by atoms with Gasteiger partial charge in [-0.3, -0.25) is 4.68 Å². The topological polar surface area (TPSA) is 17.8 Å². The van der Waals surface area contributed by atoms with Gasteiger partial charge in [-0.25, -0.2) is 0 Å². The Morgan fingerprint density at radius 1 is 1.80 bits per heavy atom. The van der Waals surface area contributed by atoms with Crippen molar-refractivity contribution in [3.8, 4) is 0 Å². The number of aromatic nitrogens is 2. The molecule has 0 saturated carbocycles. The van der Waals surface area contributed by atoms with Crippen LogP contribution in [0.1, 0.15) is 13.3 Å². The molecule has 10 heavy (non-hydrogen) atoms. The molecular weight excluding hydrogens is 215 g/mol. The first-order valence-electron chi connectivity index (χ1n) is 3.12. The van der Waals surface area contributed by atoms with Gasteiger partial charge < -0.3 is 0 Å². The maximum atomic E-state index is 5.73. The highest BCUT2D eigenvalue weighted by atomic mass is 79.9. The number of nitrogens with zero attached hydrogens (tertiary/aromatic N) is 2. The Balaban J connectivity index is 2.83. The summed E-state index contributed by atoms with van der Waals surface area (Å²) in [6, 6.07) is 0. The molecule has 1 heterocycles. The van der Waals surface area contributed by atoms with E-state index < -0.39 is 0 Å². The van der Waals surface area contributed by atoms with Gasteiger partial charge in [0, 0.05) is 6.54 Å². The van der Waals surface area contributed by atoms with Crippen molar-refractivity contribution in [1.29, 1.82) is 0 Å². The molecule has 0 fully saturated rings. The number of hydrogen-bond acceptors (Lipinski definition) is 1. The van der Waals surface area contributed by atoms with E-state index in [1.807, 2.05) is 4.68 Å². The highest BCUT2D eigenvalue weighted by Crippen LogP contribution is 2.21. The van der Waals surface area contributed by atoms with Gasteiger partial charge in [-0.1, -0.05) is 18.5 Å². The molecule has 0 aliphatic carbocycles. The van der Waals surface area contributed by atoms with Crippen molar-refractivity contribution in [2.24, 2.45) is 0 Å². The maximum Gasteiger partial charge on any atom is 0.122 e. The fourth-order valence-corrected chi connectivity index (χ4v) is 1.23. The quantitative estimate of drug-likeness (QED) is 0.754. The summed E-state index contributed by atoms with van der Waals surface area (Å²) < 4.78 is 2.71. The molecular formula is C6H8BrClN2. The minimum atomic E-state index is 0.674. The molecule has 1 aromatic heterocycles. The van der Waals surface area contributed by atoms with Crippen molar-refractivity contribution in [2.75, 3.05) is 0 Å². The second kappa shape index (κ2) is 3.39. The van der Waals surface area contributed by atoms with Crippen molar-refractivity contribution in [3.63, 3.8) is 0 Å². The fourth-order valence-electron chi connectivity index (χ4n) is 0.715. The summed E-state index contributed by atoms with van der Waals surface area (Å²) in [5.74, 6) is 0. The lowest BCUT2D eigenvalue weighted by Gasteiger charge is -1.97. The highest BCUT2D eigenvalue weighted by Gasteiger charge is 2.02. The van der Waals surface area contributed by atoms with Crippen molar-refractivity contribution in [3.05, 3.63) is 15.8 Å². The van der Waals surface area contributed by atoms with Crippen LogP contribution in [0.25, 0.3) is 0 Å². The largest absolute Gasteiger partial charge is 0.257 e. The lowest BCUT2D eigenvalue weighted by atomic mass is 10.5. The van der Waals surface area contributed by atoms with Gasteiger partial charge in [-0.15, -0.1) is 0 Å². The SMILES string of the molecule is CCCn1ncc(Cl)c1Br. The summed E-state index contributed by atoms with van der Waals surface area (Å²) in [6.07, 6.45) is 2.71. The molecule has 0 radical (unpaired) electrons. The van der Waals surface area contributed by atoms with E-state index in [9.17, 15) is 0 Å². The zero-order chi connectivity index (χ0) is 7.56. The molecule has 0 aliphatic rings. The normalized spacial score (nSPS) is 10.3. The van der Waals surface area contributed by atoms with E-state index in [4.69, 9.17) is 11.6 Å². The smallest absolute Gasteiger partial charge is 0.122 e. The summed E-state index contributed by atoms with van der Waals surface area (Å²) in [4.78, 5) is 0. The third-order valence-corrected chi connectivity index (χ3v) is 2.51. The van der Waals surface area contributed by atoms with Gasteiger partial charge in [-0.2, -0.15) is 5.10 Å². The molecule has 0 spiro atoms. The first-order chi connectivity index (χ1) is 4.75. The van der Waals surface area contributed by atoms with Gasteiger partial charge in [0.05, 0.1) is 11.2 Å². The second-order valence-electron chi connectivity index (χ2n) is 2.01. The third-order valence-electron chi connectivity index (χ3n) is 1.17. The van der Waals surface area contributed by atoms with E-state index in [-0.39, 0.29) is 0 Å². The Kier molecular flexibility index (Phi) is 2.74. The molecule has 56 valence electrons. The lowest BCUT2D eigenvalue weighted by Crippen LogP contribution is -1.97. The van der Waals surface area contributed by atoms with E-state index in [2.05, 4.69) is 28.0 Å². The summed E-state index contributed by atoms with van der Waals surface area (Å²) in [5.41, 5.74) is 0. The van der Waals surface area contributed by atoms with E-state index >= 15 is 0 Å². The minimum Gasteiger partial charge on any atom is -0.257 e. The number of hydrogen-bond donors (Lipinski definition) is 0. The Morgan fingerprint density at radius 2 is 2.50 bits per heavy atom. The molecule has 0 bridgehead atoms. The lowest BCUT2D eigenvalue weighted by molar-refractivity contribution is 0.591. The molecule has 0 aromatic carbocycles. The Bertz CT molecular complexity index is 222. The van der Waals surface area contributed by atoms with E-state index in [0.717, 1.165) is 17.6 Å². The van der Waals surface area contributed by atoms with Crippen LogP contribution >= 0.6 is 27.5 Å². The molecule has 1 aromatic rings. The van der Waals surface area contributed by atoms with Crippen LogP contribution in [-0.2, 0) is 6.54 Å². The van der Waals surface area contributed by atoms with Crippen LogP contribution in [0.5, 0.6) is 0 Å². The van der Waals surface area contributed by atoms with Gasteiger partial charge in [0.2, 0.25) is 0 Å². The molecule has 2 nitrogen and oxygen atoms in total. The zero-order valence-corrected chi connectivity index (χ0v) is 7.98. The summed E-state index contributed by atoms with van der Waals surface area (Å²) in [5, 5.41) is 4.72. The number of rotatable bonds is 2. The number of aryl methyl sites for hydroxylation is 1. The van der Waals surface area contributed by atoms with Crippen LogP contribution in [-0.4, -0.2) is 9.78 Å². The third kappa shape index (κ3) is 1.52. The van der Waals surface area contributed by atoms with Crippen LogP contribution < -0.4 is 0 Å². The maximum absolute atomic E-state index is 5.73. The van der Waals surface area contributed by atoms with Crippen LogP contribution in [0.3, 0.4) is 0 Å². The van der Waals surface area contributed by atoms with Gasteiger partial charge in [0.15, 0.2) is 0 Å². The Labute approximate surface area is 73.3 Å². The van der Waals surface area contributed by atoms with E-state index in [1.54, 1.807) is 6.20 Å². The van der Waals surface area contributed by atoms with Crippen molar-refractivity contribution < 1.29 is 0 Å². The van der Waals surface area contributed by atoms with Crippen LogP contribution in [0.15, 0.2) is 10.8 Å². The fraction of sp³-hybridized carbons (Fsp3) is 0.500. The van der Waals surface area contributed by atoms with Gasteiger partial charge in [0.1, 0.15) is 4.60 Å². The predicted molar refractivity (Wildman–Crippen MR) is 45.2 cm³/mol. The first kappa shape index (κ1) is 8.08. The van der Waals surface area contributed by atoms with Gasteiger partial charge >= 0.3 is 0 Å². The molecule has 4 heteroatoms. The van der Waals surface area contributed by atoms with Crippen LogP contribution in [0.4, 0.5) is 0 Å². The Morgan fingerprint density at radius 3 is 2.90 bits per heavy atom. The molecule has 0 atom stereocenters. The Hall–Kier alpha value is -0.0200. The van der Waals surface area contributed by atoms with E-state index in [1.165, 1.54) is 0 Å². The van der Waals surface area contributed by atoms with Crippen molar-refractivity contribution in [2.45, 2.75) is 19.9 Å². The summed E-state index contributed by atoms with van der Waals surface area (Å²) in [6.45, 7) is 3.01. The van der Waals surface area contributed by atoms with Crippen molar-refractivity contribution in [1.82, 2.24) is 9.78 Å².